The maximum atomic E-state index is 6.14. The average Bonchev–Trinajstić information content (AvgIpc) is 2.51. The van der Waals surface area contributed by atoms with Gasteiger partial charge < -0.3 is 14.8 Å². The van der Waals surface area contributed by atoms with Gasteiger partial charge in [-0.1, -0.05) is 0 Å². The zero-order chi connectivity index (χ0) is 14.7. The first-order chi connectivity index (χ1) is 10.2. The van der Waals surface area contributed by atoms with Crippen molar-refractivity contribution in [2.24, 2.45) is 5.92 Å². The van der Waals surface area contributed by atoms with E-state index in [1.807, 2.05) is 26.4 Å². The van der Waals surface area contributed by atoms with E-state index >= 15 is 0 Å². The third-order valence-corrected chi connectivity index (χ3v) is 4.80. The molecule has 21 heavy (non-hydrogen) atoms. The van der Waals surface area contributed by atoms with Crippen molar-refractivity contribution >= 4 is 0 Å². The van der Waals surface area contributed by atoms with Gasteiger partial charge in [-0.3, -0.25) is 0 Å². The normalized spacial score (nSPS) is 26.7. The fraction of sp³-hybridized carbons (Fsp3) is 0.750. The lowest BCUT2D eigenvalue weighted by molar-refractivity contribution is -0.150. The van der Waals surface area contributed by atoms with Gasteiger partial charge in [-0.25, -0.2) is 9.97 Å². The molecule has 0 bridgehead atoms. The molecule has 2 aliphatic rings. The second-order valence-corrected chi connectivity index (χ2v) is 6.28. The van der Waals surface area contributed by atoms with E-state index in [1.165, 1.54) is 0 Å². The van der Waals surface area contributed by atoms with Crippen LogP contribution in [0.5, 0.6) is 0 Å². The second kappa shape index (κ2) is 6.38. The molecule has 2 fully saturated rings. The van der Waals surface area contributed by atoms with Gasteiger partial charge in [0.25, 0.3) is 0 Å². The van der Waals surface area contributed by atoms with Crippen LogP contribution < -0.4 is 5.32 Å². The van der Waals surface area contributed by atoms with Crippen LogP contribution >= 0.6 is 0 Å². The van der Waals surface area contributed by atoms with E-state index in [9.17, 15) is 0 Å². The van der Waals surface area contributed by atoms with Crippen molar-refractivity contribution < 1.29 is 9.47 Å². The lowest BCUT2D eigenvalue weighted by Crippen LogP contribution is -2.46. The van der Waals surface area contributed by atoms with Crippen LogP contribution in [0.4, 0.5) is 0 Å². The van der Waals surface area contributed by atoms with Gasteiger partial charge >= 0.3 is 0 Å². The van der Waals surface area contributed by atoms with Crippen molar-refractivity contribution in [1.29, 1.82) is 0 Å². The number of ether oxygens (including phenoxy) is 2. The molecular weight excluding hydrogens is 266 g/mol. The molecule has 0 saturated carbocycles. The Morgan fingerprint density at radius 2 is 1.95 bits per heavy atom. The van der Waals surface area contributed by atoms with Gasteiger partial charge in [0.2, 0.25) is 0 Å². The maximum absolute atomic E-state index is 6.14. The Balaban J connectivity index is 1.75. The minimum absolute atomic E-state index is 0.0148. The molecule has 1 aromatic heterocycles. The Bertz CT molecular complexity index is 452. The lowest BCUT2D eigenvalue weighted by atomic mass is 9.77. The van der Waals surface area contributed by atoms with Gasteiger partial charge in [0.15, 0.2) is 0 Å². The summed E-state index contributed by atoms with van der Waals surface area (Å²) in [6, 6.07) is 0.203. The Kier molecular flexibility index (Phi) is 4.52. The van der Waals surface area contributed by atoms with E-state index in [0.29, 0.717) is 5.92 Å². The molecule has 1 aromatic rings. The standard InChI is InChI=1S/C16H25N3O2/c1-12-10-18-15(19-11-12)14(17-2)13-3-6-21-16(9-13)4-7-20-8-5-16/h10-11,13-14,17H,3-9H2,1-2H3. The number of nitrogens with one attached hydrogen (secondary N) is 1. The van der Waals surface area contributed by atoms with Crippen LogP contribution in [-0.2, 0) is 9.47 Å². The highest BCUT2D eigenvalue weighted by Gasteiger charge is 2.41. The number of aryl methyl sites for hydroxylation is 1. The quantitative estimate of drug-likeness (QED) is 0.923. The van der Waals surface area contributed by atoms with Gasteiger partial charge in [-0.2, -0.15) is 0 Å². The molecule has 5 nitrogen and oxygen atoms in total. The molecule has 2 saturated heterocycles. The van der Waals surface area contributed by atoms with Gasteiger partial charge in [-0.15, -0.1) is 0 Å². The summed E-state index contributed by atoms with van der Waals surface area (Å²) in [4.78, 5) is 9.04. The van der Waals surface area contributed by atoms with E-state index in [2.05, 4.69) is 15.3 Å². The van der Waals surface area contributed by atoms with Gasteiger partial charge in [0, 0.05) is 32.2 Å². The summed E-state index contributed by atoms with van der Waals surface area (Å²) >= 11 is 0. The molecule has 1 spiro atoms. The number of hydrogen-bond donors (Lipinski definition) is 1. The third kappa shape index (κ3) is 3.25. The zero-order valence-electron chi connectivity index (χ0n) is 13.0. The van der Waals surface area contributed by atoms with Crippen molar-refractivity contribution in [2.75, 3.05) is 26.9 Å². The Morgan fingerprint density at radius 3 is 2.62 bits per heavy atom. The minimum Gasteiger partial charge on any atom is -0.381 e. The fourth-order valence-corrected chi connectivity index (χ4v) is 3.58. The van der Waals surface area contributed by atoms with E-state index < -0.39 is 0 Å². The molecule has 5 heteroatoms. The minimum atomic E-state index is 0.0148. The smallest absolute Gasteiger partial charge is 0.145 e. The summed E-state index contributed by atoms with van der Waals surface area (Å²) < 4.78 is 11.6. The number of aromatic nitrogens is 2. The number of nitrogens with zero attached hydrogens (tertiary/aromatic N) is 2. The van der Waals surface area contributed by atoms with E-state index in [-0.39, 0.29) is 11.6 Å². The lowest BCUT2D eigenvalue weighted by Gasteiger charge is -2.45. The largest absolute Gasteiger partial charge is 0.381 e. The molecule has 0 radical (unpaired) electrons. The molecule has 2 atom stereocenters. The molecule has 1 N–H and O–H groups in total. The molecule has 116 valence electrons. The van der Waals surface area contributed by atoms with Crippen molar-refractivity contribution in [2.45, 2.75) is 44.2 Å². The SMILES string of the molecule is CNC(c1ncc(C)cn1)C1CCOC2(CCOCC2)C1. The van der Waals surface area contributed by atoms with Crippen LogP contribution in [0.3, 0.4) is 0 Å². The zero-order valence-corrected chi connectivity index (χ0v) is 13.0. The highest BCUT2D eigenvalue weighted by Crippen LogP contribution is 2.41. The molecule has 0 amide bonds. The first-order valence-corrected chi connectivity index (χ1v) is 7.90. The Labute approximate surface area is 126 Å². The first-order valence-electron chi connectivity index (χ1n) is 7.90. The molecule has 2 unspecified atom stereocenters. The van der Waals surface area contributed by atoms with Gasteiger partial charge in [0.05, 0.1) is 11.6 Å². The summed E-state index contributed by atoms with van der Waals surface area (Å²) in [6.07, 6.45) is 7.94. The maximum Gasteiger partial charge on any atom is 0.145 e. The van der Waals surface area contributed by atoms with Crippen molar-refractivity contribution in [3.05, 3.63) is 23.8 Å². The fourth-order valence-electron chi connectivity index (χ4n) is 3.58. The van der Waals surface area contributed by atoms with Crippen LogP contribution in [0.25, 0.3) is 0 Å². The van der Waals surface area contributed by atoms with Crippen LogP contribution in [0, 0.1) is 12.8 Å². The first kappa shape index (κ1) is 14.9. The molecule has 2 aliphatic heterocycles. The molecular formula is C16H25N3O2. The summed E-state index contributed by atoms with van der Waals surface area (Å²) in [6.45, 7) is 4.48. The van der Waals surface area contributed by atoms with Gasteiger partial charge in [-0.05, 0) is 51.1 Å². The average molecular weight is 291 g/mol. The van der Waals surface area contributed by atoms with Crippen molar-refractivity contribution in [3.8, 4) is 0 Å². The predicted molar refractivity (Wildman–Crippen MR) is 80.0 cm³/mol. The van der Waals surface area contributed by atoms with Crippen LogP contribution in [0.15, 0.2) is 12.4 Å². The van der Waals surface area contributed by atoms with Crippen LogP contribution in [-0.4, -0.2) is 42.4 Å². The number of rotatable bonds is 3. The van der Waals surface area contributed by atoms with Crippen LogP contribution in [0.2, 0.25) is 0 Å². The van der Waals surface area contributed by atoms with Crippen molar-refractivity contribution in [1.82, 2.24) is 15.3 Å². The van der Waals surface area contributed by atoms with Gasteiger partial charge in [0.1, 0.15) is 5.82 Å². The summed E-state index contributed by atoms with van der Waals surface area (Å²) in [5.41, 5.74) is 1.11. The Hall–Kier alpha value is -1.04. The summed E-state index contributed by atoms with van der Waals surface area (Å²) in [5.74, 6) is 1.42. The molecule has 0 aromatic carbocycles. The summed E-state index contributed by atoms with van der Waals surface area (Å²) in [7, 11) is 2.00. The number of hydrogen-bond acceptors (Lipinski definition) is 5. The van der Waals surface area contributed by atoms with Crippen LogP contribution in [0.1, 0.15) is 43.1 Å². The molecule has 0 aliphatic carbocycles. The predicted octanol–water partition coefficient (Wildman–Crippen LogP) is 2.02. The van der Waals surface area contributed by atoms with E-state index in [0.717, 1.165) is 56.9 Å². The van der Waals surface area contributed by atoms with Crippen molar-refractivity contribution in [3.63, 3.8) is 0 Å². The molecule has 3 heterocycles. The third-order valence-electron chi connectivity index (χ3n) is 4.80. The molecule has 3 rings (SSSR count). The monoisotopic (exact) mass is 291 g/mol. The highest BCUT2D eigenvalue weighted by atomic mass is 16.5. The topological polar surface area (TPSA) is 56.3 Å². The summed E-state index contributed by atoms with van der Waals surface area (Å²) in [5, 5.41) is 3.42. The second-order valence-electron chi connectivity index (χ2n) is 6.28. The highest BCUT2D eigenvalue weighted by molar-refractivity contribution is 5.06. The van der Waals surface area contributed by atoms with E-state index in [4.69, 9.17) is 9.47 Å². The Morgan fingerprint density at radius 1 is 1.24 bits per heavy atom. The van der Waals surface area contributed by atoms with E-state index in [1.54, 1.807) is 0 Å².